The zero-order chi connectivity index (χ0) is 31.6. The van der Waals surface area contributed by atoms with Crippen LogP contribution in [0.5, 0.6) is 11.5 Å². The smallest absolute Gasteiger partial charge is 0.335 e. The van der Waals surface area contributed by atoms with Crippen molar-refractivity contribution in [2.24, 2.45) is 17.8 Å². The molecule has 8 atom stereocenters. The lowest BCUT2D eigenvalue weighted by Gasteiger charge is -2.48. The van der Waals surface area contributed by atoms with E-state index in [1.54, 1.807) is 6.92 Å². The Labute approximate surface area is 249 Å². The number of benzene rings is 2. The van der Waals surface area contributed by atoms with Crippen LogP contribution in [0.3, 0.4) is 0 Å². The number of Topliss-reactive ketones (excluding diaryl/α,β-unsaturated/α-hetero) is 1. The maximum atomic E-state index is 12.3. The highest BCUT2D eigenvalue weighted by Crippen LogP contribution is 2.42. The molecule has 2 aliphatic heterocycles. The van der Waals surface area contributed by atoms with E-state index >= 15 is 0 Å². The quantitative estimate of drug-likeness (QED) is 0.183. The second-order valence-corrected chi connectivity index (χ2v) is 11.9. The molecular formula is C31H42O12. The van der Waals surface area contributed by atoms with Crippen LogP contribution >= 0.6 is 0 Å². The molecule has 0 aromatic heterocycles. The van der Waals surface area contributed by atoms with Gasteiger partial charge < -0.3 is 50.0 Å². The number of aliphatic hydroxyl groups excluding tert-OH is 4. The molecule has 0 aliphatic carbocycles. The van der Waals surface area contributed by atoms with E-state index in [2.05, 4.69) is 0 Å². The molecule has 2 aromatic rings. The lowest BCUT2D eigenvalue weighted by atomic mass is 9.73. The van der Waals surface area contributed by atoms with Crippen molar-refractivity contribution in [2.45, 2.75) is 76.7 Å². The van der Waals surface area contributed by atoms with E-state index in [0.29, 0.717) is 31.6 Å². The van der Waals surface area contributed by atoms with Gasteiger partial charge in [0.2, 0.25) is 6.29 Å². The normalized spacial score (nSPS) is 30.2. The zero-order valence-electron chi connectivity index (χ0n) is 24.6. The van der Waals surface area contributed by atoms with Gasteiger partial charge in [0.15, 0.2) is 5.78 Å². The van der Waals surface area contributed by atoms with Crippen molar-refractivity contribution in [3.05, 3.63) is 34.9 Å². The highest BCUT2D eigenvalue weighted by molar-refractivity contribution is 6.08. The van der Waals surface area contributed by atoms with Gasteiger partial charge in [-0.3, -0.25) is 4.79 Å². The van der Waals surface area contributed by atoms with Gasteiger partial charge in [-0.1, -0.05) is 13.0 Å². The Morgan fingerprint density at radius 1 is 1.19 bits per heavy atom. The average Bonchev–Trinajstić information content (AvgIpc) is 2.96. The van der Waals surface area contributed by atoms with E-state index in [4.69, 9.17) is 14.2 Å². The SMILES string of the molecule is CC(=O)c1c(C)cc2cc(C(=O)O)cc(O[C@@H]3O[C@H](CO)[C@](O)(CC[C@@H](C)[C@H]4CCOC[C@@H]4CCO)[C@H](O)[C@H]3O)c2c1O. The largest absolute Gasteiger partial charge is 0.506 e. The number of carboxylic acid groups (broad SMARTS) is 1. The van der Waals surface area contributed by atoms with E-state index in [1.807, 2.05) is 6.92 Å². The molecule has 0 saturated carbocycles. The van der Waals surface area contributed by atoms with Crippen molar-refractivity contribution in [3.63, 3.8) is 0 Å². The fraction of sp³-hybridized carbons (Fsp3) is 0.613. The molecule has 0 spiro atoms. The number of hydrogen-bond donors (Lipinski definition) is 7. The summed E-state index contributed by atoms with van der Waals surface area (Å²) < 4.78 is 17.2. The summed E-state index contributed by atoms with van der Waals surface area (Å²) in [5.41, 5.74) is -1.84. The number of carbonyl (C=O) groups is 2. The van der Waals surface area contributed by atoms with Crippen molar-refractivity contribution in [2.75, 3.05) is 26.4 Å². The van der Waals surface area contributed by atoms with Gasteiger partial charge in [-0.2, -0.15) is 0 Å². The topological polar surface area (TPSA) is 203 Å². The van der Waals surface area contributed by atoms with Crippen LogP contribution < -0.4 is 4.74 Å². The molecule has 2 aliphatic rings. The number of rotatable bonds is 11. The number of phenolic OH excluding ortho intramolecular Hbond substituents is 1. The second kappa shape index (κ2) is 13.4. The highest BCUT2D eigenvalue weighted by Gasteiger charge is 2.55. The Balaban J connectivity index is 1.61. The fourth-order valence-electron chi connectivity index (χ4n) is 6.71. The summed E-state index contributed by atoms with van der Waals surface area (Å²) in [5, 5.41) is 74.3. The zero-order valence-corrected chi connectivity index (χ0v) is 24.6. The monoisotopic (exact) mass is 606 g/mol. The summed E-state index contributed by atoms with van der Waals surface area (Å²) in [6.45, 7) is 5.30. The molecule has 2 fully saturated rings. The number of carbonyl (C=O) groups excluding carboxylic acids is 1. The Morgan fingerprint density at radius 3 is 2.53 bits per heavy atom. The molecule has 2 heterocycles. The summed E-state index contributed by atoms with van der Waals surface area (Å²) in [6.07, 6.45) is -4.95. The summed E-state index contributed by atoms with van der Waals surface area (Å²) in [4.78, 5) is 24.1. The van der Waals surface area contributed by atoms with Gasteiger partial charge in [0.25, 0.3) is 0 Å². The van der Waals surface area contributed by atoms with E-state index < -0.39 is 54.3 Å². The van der Waals surface area contributed by atoms with Crippen molar-refractivity contribution >= 4 is 22.5 Å². The first-order chi connectivity index (χ1) is 20.3. The predicted molar refractivity (Wildman–Crippen MR) is 153 cm³/mol. The average molecular weight is 607 g/mol. The Hall–Kier alpha value is -2.84. The number of carboxylic acids is 1. The number of ether oxygens (including phenoxy) is 3. The van der Waals surface area contributed by atoms with E-state index in [1.165, 1.54) is 19.1 Å². The lowest BCUT2D eigenvalue weighted by molar-refractivity contribution is -0.315. The molecule has 0 unspecified atom stereocenters. The maximum Gasteiger partial charge on any atom is 0.335 e. The molecular weight excluding hydrogens is 564 g/mol. The molecule has 0 bridgehead atoms. The lowest BCUT2D eigenvalue weighted by Crippen LogP contribution is -2.67. The standard InChI is InChI=1S/C31H42O12/c1-15(21-6-9-41-14-18(21)5-8-32)4-7-31(40)23(13-33)43-30(27(36)28(31)37)42-22-12-20(29(38)39)11-19-10-16(2)24(17(3)34)26(35)25(19)22/h10-12,15,18,21,23,27-28,30,32-33,35-37,40H,4-9,13-14H2,1-3H3,(H,38,39)/t15-,18+,21-,23-,27-,28-,30-,31-/m1/s1. The summed E-state index contributed by atoms with van der Waals surface area (Å²) in [6, 6.07) is 3.92. The first kappa shape index (κ1) is 33.1. The fourth-order valence-corrected chi connectivity index (χ4v) is 6.71. The number of aliphatic hydroxyl groups is 5. The highest BCUT2D eigenvalue weighted by atomic mass is 16.7. The predicted octanol–water partition coefficient (Wildman–Crippen LogP) is 1.75. The molecule has 12 heteroatoms. The molecule has 7 N–H and O–H groups in total. The summed E-state index contributed by atoms with van der Waals surface area (Å²) in [5.74, 6) is -1.99. The Bertz CT molecular complexity index is 1320. The van der Waals surface area contributed by atoms with Gasteiger partial charge in [0.05, 0.1) is 23.1 Å². The molecule has 12 nitrogen and oxygen atoms in total. The Kier molecular flexibility index (Phi) is 10.3. The second-order valence-electron chi connectivity index (χ2n) is 11.9. The van der Waals surface area contributed by atoms with Crippen LogP contribution in [0, 0.1) is 24.7 Å². The van der Waals surface area contributed by atoms with Crippen LogP contribution in [0.1, 0.15) is 65.8 Å². The van der Waals surface area contributed by atoms with E-state index in [0.717, 1.165) is 12.5 Å². The number of aromatic carboxylic acids is 1. The first-order valence-corrected chi connectivity index (χ1v) is 14.6. The van der Waals surface area contributed by atoms with Crippen LogP contribution in [0.15, 0.2) is 18.2 Å². The van der Waals surface area contributed by atoms with Gasteiger partial charge in [-0.15, -0.1) is 0 Å². The number of aryl methyl sites for hydroxylation is 1. The van der Waals surface area contributed by atoms with Gasteiger partial charge >= 0.3 is 5.97 Å². The molecule has 4 rings (SSSR count). The maximum absolute atomic E-state index is 12.3. The number of phenols is 1. The minimum Gasteiger partial charge on any atom is -0.506 e. The molecule has 2 aromatic carbocycles. The van der Waals surface area contributed by atoms with Crippen LogP contribution in [-0.4, -0.2) is 104 Å². The molecule has 238 valence electrons. The van der Waals surface area contributed by atoms with Crippen LogP contribution in [0.2, 0.25) is 0 Å². The first-order valence-electron chi connectivity index (χ1n) is 14.6. The van der Waals surface area contributed by atoms with E-state index in [9.17, 15) is 45.3 Å². The van der Waals surface area contributed by atoms with Gasteiger partial charge in [0, 0.05) is 19.8 Å². The van der Waals surface area contributed by atoms with Crippen LogP contribution in [-0.2, 0) is 9.47 Å². The molecule has 43 heavy (non-hydrogen) atoms. The summed E-state index contributed by atoms with van der Waals surface area (Å²) in [7, 11) is 0. The van der Waals surface area contributed by atoms with E-state index in [-0.39, 0.29) is 58.4 Å². The minimum atomic E-state index is -2.05. The van der Waals surface area contributed by atoms with Crippen LogP contribution in [0.25, 0.3) is 10.8 Å². The third-order valence-corrected chi connectivity index (χ3v) is 9.11. The van der Waals surface area contributed by atoms with Crippen LogP contribution in [0.4, 0.5) is 0 Å². The molecule has 2 saturated heterocycles. The Morgan fingerprint density at radius 2 is 1.91 bits per heavy atom. The number of fused-ring (bicyclic) bond motifs is 1. The summed E-state index contributed by atoms with van der Waals surface area (Å²) >= 11 is 0. The number of aromatic hydroxyl groups is 1. The third kappa shape index (κ3) is 6.51. The van der Waals surface area contributed by atoms with Crippen molar-refractivity contribution in [1.82, 2.24) is 0 Å². The van der Waals surface area contributed by atoms with Gasteiger partial charge in [-0.25, -0.2) is 4.79 Å². The minimum absolute atomic E-state index is 0.00445. The van der Waals surface area contributed by atoms with Crippen molar-refractivity contribution in [1.29, 1.82) is 0 Å². The van der Waals surface area contributed by atoms with Crippen molar-refractivity contribution in [3.8, 4) is 11.5 Å². The molecule has 0 radical (unpaired) electrons. The van der Waals surface area contributed by atoms with Crippen molar-refractivity contribution < 1.29 is 59.5 Å². The number of hydrogen-bond acceptors (Lipinski definition) is 11. The van der Waals surface area contributed by atoms with Gasteiger partial charge in [-0.05, 0) is 80.4 Å². The molecule has 0 amide bonds. The third-order valence-electron chi connectivity index (χ3n) is 9.11. The number of ketones is 1. The van der Waals surface area contributed by atoms with Gasteiger partial charge in [0.1, 0.15) is 35.4 Å².